The predicted molar refractivity (Wildman–Crippen MR) is 104 cm³/mol. The Hall–Kier alpha value is -2.84. The molecule has 0 spiro atoms. The van der Waals surface area contributed by atoms with E-state index in [1.807, 2.05) is 0 Å². The van der Waals surface area contributed by atoms with Crippen molar-refractivity contribution in [1.29, 1.82) is 0 Å². The summed E-state index contributed by atoms with van der Waals surface area (Å²) in [6.07, 6.45) is 8.04. The second kappa shape index (κ2) is 8.49. The minimum Gasteiger partial charge on any atom is -0.459 e. The Morgan fingerprint density at radius 3 is 2.30 bits per heavy atom. The van der Waals surface area contributed by atoms with Gasteiger partial charge in [0.25, 0.3) is 5.91 Å². The van der Waals surface area contributed by atoms with Gasteiger partial charge in [0, 0.05) is 12.0 Å². The van der Waals surface area contributed by atoms with Crippen molar-refractivity contribution in [3.8, 4) is 0 Å². The van der Waals surface area contributed by atoms with E-state index in [1.54, 1.807) is 6.07 Å². The number of esters is 1. The summed E-state index contributed by atoms with van der Waals surface area (Å²) >= 11 is 0. The zero-order valence-corrected chi connectivity index (χ0v) is 16.8. The molecule has 0 saturated heterocycles. The number of ether oxygens (including phenoxy) is 1. The van der Waals surface area contributed by atoms with E-state index in [1.165, 1.54) is 31.6 Å². The molecule has 0 aliphatic heterocycles. The van der Waals surface area contributed by atoms with Crippen LogP contribution in [0.1, 0.15) is 55.5 Å². The summed E-state index contributed by atoms with van der Waals surface area (Å²) in [5.74, 6) is 0.257. The van der Waals surface area contributed by atoms with Crippen LogP contribution in [0.25, 0.3) is 0 Å². The Morgan fingerprint density at radius 2 is 1.70 bits per heavy atom. The van der Waals surface area contributed by atoms with Crippen molar-refractivity contribution in [3.63, 3.8) is 0 Å². The Morgan fingerprint density at radius 1 is 1.03 bits per heavy atom. The van der Waals surface area contributed by atoms with Crippen molar-refractivity contribution in [2.24, 2.45) is 23.2 Å². The molecule has 0 unspecified atom stereocenters. The minimum atomic E-state index is -0.680. The minimum absolute atomic E-state index is 0.00978. The van der Waals surface area contributed by atoms with E-state index in [0.717, 1.165) is 19.3 Å². The van der Waals surface area contributed by atoms with Crippen LogP contribution in [0.2, 0.25) is 0 Å². The summed E-state index contributed by atoms with van der Waals surface area (Å²) in [6, 6.07) is 2.99. The van der Waals surface area contributed by atoms with Gasteiger partial charge in [0.05, 0.1) is 12.7 Å². The molecule has 30 heavy (non-hydrogen) atoms. The lowest BCUT2D eigenvalue weighted by Gasteiger charge is -2.55. The third-order valence-corrected chi connectivity index (χ3v) is 6.56. The van der Waals surface area contributed by atoms with Gasteiger partial charge < -0.3 is 14.5 Å². The molecule has 1 aromatic heterocycles. The zero-order valence-electron chi connectivity index (χ0n) is 16.8. The monoisotopic (exact) mass is 417 g/mol. The summed E-state index contributed by atoms with van der Waals surface area (Å²) in [5.41, 5.74) is 4.03. The normalized spacial score (nSPS) is 28.6. The lowest BCUT2D eigenvalue weighted by Crippen LogP contribution is -2.53. The highest BCUT2D eigenvalue weighted by Gasteiger charge is 2.54. The topological polar surface area (TPSA) is 127 Å². The molecule has 9 nitrogen and oxygen atoms in total. The Labute approximate surface area is 174 Å². The standard InChI is InChI=1S/C21H27N3O6/c25-17(23-24-19(27)16-2-1-5-29-16)12-30-18(26)3-4-22-20(28)21-9-13-6-14(10-21)8-15(7-13)11-21/h1-2,5,13-15H,3-4,6-12H2,(H,22,28)(H,23,25)(H,24,27). The average molecular weight is 417 g/mol. The number of nitrogens with one attached hydrogen (secondary N) is 3. The first-order valence-electron chi connectivity index (χ1n) is 10.5. The van der Waals surface area contributed by atoms with Gasteiger partial charge in [-0.3, -0.25) is 30.0 Å². The molecule has 0 atom stereocenters. The molecule has 4 aliphatic rings. The van der Waals surface area contributed by atoms with Crippen molar-refractivity contribution in [2.45, 2.75) is 44.9 Å². The average Bonchev–Trinajstić information content (AvgIpc) is 3.24. The summed E-state index contributed by atoms with van der Waals surface area (Å²) in [6.45, 7) is -0.337. The predicted octanol–water partition coefficient (Wildman–Crippen LogP) is 1.31. The highest BCUT2D eigenvalue weighted by molar-refractivity contribution is 5.93. The van der Waals surface area contributed by atoms with Crippen LogP contribution in [0.3, 0.4) is 0 Å². The van der Waals surface area contributed by atoms with Gasteiger partial charge in [-0.05, 0) is 68.4 Å². The SMILES string of the molecule is O=C(COC(=O)CCNC(=O)C12CC3CC(CC(C3)C1)C2)NNC(=O)c1ccco1. The second-order valence-electron chi connectivity index (χ2n) is 8.84. The molecule has 4 saturated carbocycles. The third-order valence-electron chi connectivity index (χ3n) is 6.56. The Balaban J connectivity index is 1.12. The van der Waals surface area contributed by atoms with Gasteiger partial charge in [-0.25, -0.2) is 0 Å². The van der Waals surface area contributed by atoms with Crippen molar-refractivity contribution in [3.05, 3.63) is 24.2 Å². The van der Waals surface area contributed by atoms with Gasteiger partial charge in [-0.15, -0.1) is 0 Å². The van der Waals surface area contributed by atoms with E-state index in [-0.39, 0.29) is 30.0 Å². The first-order chi connectivity index (χ1) is 14.4. The van der Waals surface area contributed by atoms with Crippen LogP contribution in [-0.2, 0) is 19.1 Å². The molecule has 162 valence electrons. The van der Waals surface area contributed by atoms with Crippen LogP contribution >= 0.6 is 0 Å². The van der Waals surface area contributed by atoms with Crippen LogP contribution in [0, 0.1) is 23.2 Å². The van der Waals surface area contributed by atoms with Crippen LogP contribution < -0.4 is 16.2 Å². The Bertz CT molecular complexity index is 783. The maximum absolute atomic E-state index is 12.8. The van der Waals surface area contributed by atoms with Gasteiger partial charge >= 0.3 is 11.9 Å². The van der Waals surface area contributed by atoms with E-state index < -0.39 is 24.4 Å². The molecule has 1 heterocycles. The molecule has 4 fully saturated rings. The summed E-state index contributed by atoms with van der Waals surface area (Å²) < 4.78 is 9.76. The number of hydrogen-bond donors (Lipinski definition) is 3. The first-order valence-corrected chi connectivity index (χ1v) is 10.5. The van der Waals surface area contributed by atoms with E-state index in [2.05, 4.69) is 16.2 Å². The maximum Gasteiger partial charge on any atom is 0.308 e. The number of amides is 3. The lowest BCUT2D eigenvalue weighted by molar-refractivity contribution is -0.149. The van der Waals surface area contributed by atoms with Crippen molar-refractivity contribution in [2.75, 3.05) is 13.2 Å². The highest BCUT2D eigenvalue weighted by Crippen LogP contribution is 2.60. The van der Waals surface area contributed by atoms with Crippen LogP contribution in [0.15, 0.2) is 22.8 Å². The smallest absolute Gasteiger partial charge is 0.308 e. The molecule has 0 radical (unpaired) electrons. The van der Waals surface area contributed by atoms with Crippen LogP contribution in [0.5, 0.6) is 0 Å². The summed E-state index contributed by atoms with van der Waals surface area (Å²) in [7, 11) is 0. The van der Waals surface area contributed by atoms with E-state index >= 15 is 0 Å². The quantitative estimate of drug-likeness (QED) is 0.453. The highest BCUT2D eigenvalue weighted by atomic mass is 16.5. The third kappa shape index (κ3) is 4.49. The maximum atomic E-state index is 12.8. The molecule has 3 N–H and O–H groups in total. The number of furan rings is 1. The fourth-order valence-electron chi connectivity index (χ4n) is 5.70. The second-order valence-corrected chi connectivity index (χ2v) is 8.84. The number of hydrogen-bond acceptors (Lipinski definition) is 6. The van der Waals surface area contributed by atoms with Gasteiger partial charge in [0.15, 0.2) is 12.4 Å². The van der Waals surface area contributed by atoms with Crippen molar-refractivity contribution < 1.29 is 28.3 Å². The van der Waals surface area contributed by atoms with Crippen molar-refractivity contribution >= 4 is 23.7 Å². The largest absolute Gasteiger partial charge is 0.459 e. The molecule has 1 aromatic rings. The van der Waals surface area contributed by atoms with E-state index in [9.17, 15) is 19.2 Å². The molecule has 9 heteroatoms. The van der Waals surface area contributed by atoms with E-state index in [4.69, 9.17) is 9.15 Å². The number of carbonyl (C=O) groups excluding carboxylic acids is 4. The number of hydrazine groups is 1. The van der Waals surface area contributed by atoms with Crippen LogP contribution in [-0.4, -0.2) is 36.8 Å². The molecular formula is C21H27N3O6. The van der Waals surface area contributed by atoms with E-state index in [0.29, 0.717) is 17.8 Å². The van der Waals surface area contributed by atoms with Crippen LogP contribution in [0.4, 0.5) is 0 Å². The van der Waals surface area contributed by atoms with Gasteiger partial charge in [-0.2, -0.15) is 0 Å². The molecule has 4 aliphatic carbocycles. The molecule has 3 amide bonds. The summed E-state index contributed by atoms with van der Waals surface area (Å²) in [4.78, 5) is 47.9. The first kappa shape index (κ1) is 20.4. The number of carbonyl (C=O) groups is 4. The zero-order chi connectivity index (χ0) is 21.1. The number of rotatable bonds is 7. The molecule has 4 bridgehead atoms. The fraction of sp³-hybridized carbons (Fsp3) is 0.619. The lowest BCUT2D eigenvalue weighted by atomic mass is 9.49. The molecule has 5 rings (SSSR count). The van der Waals surface area contributed by atoms with Gasteiger partial charge in [0.2, 0.25) is 5.91 Å². The van der Waals surface area contributed by atoms with Crippen molar-refractivity contribution in [1.82, 2.24) is 16.2 Å². The Kier molecular flexibility index (Phi) is 5.78. The molecule has 0 aromatic carbocycles. The molecular weight excluding hydrogens is 390 g/mol. The van der Waals surface area contributed by atoms with Gasteiger partial charge in [0.1, 0.15) is 0 Å². The fourth-order valence-corrected chi connectivity index (χ4v) is 5.70. The summed E-state index contributed by atoms with van der Waals surface area (Å²) in [5, 5.41) is 2.91. The van der Waals surface area contributed by atoms with Gasteiger partial charge in [-0.1, -0.05) is 0 Å².